The molecule has 0 aromatic carbocycles. The van der Waals surface area contributed by atoms with Crippen molar-refractivity contribution in [2.45, 2.75) is 12.8 Å². The molecule has 0 amide bonds. The van der Waals surface area contributed by atoms with E-state index in [9.17, 15) is 27.7 Å². The quantitative estimate of drug-likeness (QED) is 0.361. The van der Waals surface area contributed by atoms with Crippen LogP contribution in [0.4, 0.5) is 23.2 Å². The molecule has 0 aliphatic rings. The molecule has 0 fully saturated rings. The zero-order valence-corrected chi connectivity index (χ0v) is 8.36. The summed E-state index contributed by atoms with van der Waals surface area (Å²) in [5.74, 6) is -2.66. The van der Waals surface area contributed by atoms with Crippen LogP contribution < -0.4 is 4.74 Å². The van der Waals surface area contributed by atoms with E-state index >= 15 is 0 Å². The van der Waals surface area contributed by atoms with Gasteiger partial charge in [0.25, 0.3) is 0 Å². The predicted octanol–water partition coefficient (Wildman–Crippen LogP) is 2.09. The molecule has 0 radical (unpaired) electrons. The van der Waals surface area contributed by atoms with Crippen molar-refractivity contribution in [1.82, 2.24) is 4.98 Å². The highest BCUT2D eigenvalue weighted by atomic mass is 19.4. The van der Waals surface area contributed by atoms with E-state index in [1.807, 2.05) is 0 Å². The molecule has 0 spiro atoms. The molecule has 6 nitrogen and oxygen atoms in total. The Balaban J connectivity index is 3.40. The van der Waals surface area contributed by atoms with Gasteiger partial charge in [0, 0.05) is 0 Å². The second-order valence-corrected chi connectivity index (χ2v) is 2.88. The van der Waals surface area contributed by atoms with Crippen molar-refractivity contribution >= 4 is 5.69 Å². The van der Waals surface area contributed by atoms with Crippen LogP contribution in [-0.4, -0.2) is 16.3 Å². The lowest BCUT2D eigenvalue weighted by atomic mass is 10.1. The van der Waals surface area contributed by atoms with Crippen molar-refractivity contribution in [3.05, 3.63) is 27.8 Å². The number of pyridine rings is 1. The van der Waals surface area contributed by atoms with Crippen LogP contribution in [0.5, 0.6) is 5.75 Å². The Labute approximate surface area is 96.6 Å². The molecule has 10 heteroatoms. The highest BCUT2D eigenvalue weighted by Crippen LogP contribution is 2.35. The van der Waals surface area contributed by atoms with E-state index < -0.39 is 40.7 Å². The molecule has 96 valence electrons. The number of hydrogen-bond acceptors (Lipinski definition) is 5. The third kappa shape index (κ3) is 3.03. The highest BCUT2D eigenvalue weighted by molar-refractivity contribution is 5.52. The van der Waals surface area contributed by atoms with E-state index in [2.05, 4.69) is 9.72 Å². The van der Waals surface area contributed by atoms with Gasteiger partial charge in [-0.05, 0) is 0 Å². The number of rotatable bonds is 3. The number of nitro groups is 1. The average Bonchev–Trinajstić information content (AvgIpc) is 2.20. The number of ether oxygens (including phenoxy) is 1. The molecule has 1 aromatic rings. The topological polar surface area (TPSA) is 89.0 Å². The van der Waals surface area contributed by atoms with Crippen molar-refractivity contribution in [3.8, 4) is 11.8 Å². The van der Waals surface area contributed by atoms with Crippen molar-refractivity contribution in [2.75, 3.05) is 0 Å². The van der Waals surface area contributed by atoms with Gasteiger partial charge >= 0.3 is 12.0 Å². The fourth-order valence-corrected chi connectivity index (χ4v) is 1.14. The third-order valence-electron chi connectivity index (χ3n) is 1.73. The number of aromatic nitrogens is 1. The third-order valence-corrected chi connectivity index (χ3v) is 1.73. The summed E-state index contributed by atoms with van der Waals surface area (Å²) in [4.78, 5) is 12.2. The van der Waals surface area contributed by atoms with Gasteiger partial charge in [-0.1, -0.05) is 0 Å². The highest BCUT2D eigenvalue weighted by Gasteiger charge is 2.36. The van der Waals surface area contributed by atoms with Gasteiger partial charge in [0.15, 0.2) is 0 Å². The van der Waals surface area contributed by atoms with Gasteiger partial charge in [0.05, 0.1) is 23.6 Å². The van der Waals surface area contributed by atoms with Gasteiger partial charge in [-0.3, -0.25) is 10.1 Å². The Hall–Kier alpha value is -2.44. The van der Waals surface area contributed by atoms with E-state index in [0.29, 0.717) is 0 Å². The summed E-state index contributed by atoms with van der Waals surface area (Å²) in [5.41, 5.74) is -2.12. The molecule has 0 saturated carbocycles. The van der Waals surface area contributed by atoms with E-state index in [1.165, 1.54) is 6.07 Å². The molecular weight excluding hydrogens is 262 g/mol. The Morgan fingerprint density at radius 2 is 2.17 bits per heavy atom. The van der Waals surface area contributed by atoms with Crippen LogP contribution in [0, 0.1) is 27.4 Å². The van der Waals surface area contributed by atoms with Crippen LogP contribution in [-0.2, 0) is 6.42 Å². The molecule has 0 bridgehead atoms. The number of halogens is 4. The summed E-state index contributed by atoms with van der Waals surface area (Å²) in [7, 11) is 0. The van der Waals surface area contributed by atoms with E-state index in [1.54, 1.807) is 0 Å². The van der Waals surface area contributed by atoms with E-state index in [-0.39, 0.29) is 6.20 Å². The molecule has 0 aliphatic carbocycles. The first-order valence-electron chi connectivity index (χ1n) is 4.20. The van der Waals surface area contributed by atoms with Gasteiger partial charge < -0.3 is 4.74 Å². The largest absolute Gasteiger partial charge is 0.573 e. The predicted molar refractivity (Wildman–Crippen MR) is 46.8 cm³/mol. The molecular formula is C8H3F4N3O3. The summed E-state index contributed by atoms with van der Waals surface area (Å²) in [6.07, 6.45) is -5.75. The van der Waals surface area contributed by atoms with Gasteiger partial charge in [-0.2, -0.15) is 9.65 Å². The Morgan fingerprint density at radius 1 is 1.56 bits per heavy atom. The second kappa shape index (κ2) is 4.82. The maximum Gasteiger partial charge on any atom is 0.573 e. The van der Waals surface area contributed by atoms with E-state index in [4.69, 9.17) is 5.26 Å². The minimum absolute atomic E-state index is 0.238. The number of hydrogen-bond donors (Lipinski definition) is 0. The van der Waals surface area contributed by atoms with Crippen LogP contribution in [0.2, 0.25) is 0 Å². The Kier molecular flexibility index (Phi) is 3.65. The second-order valence-electron chi connectivity index (χ2n) is 2.88. The summed E-state index contributed by atoms with van der Waals surface area (Å²) >= 11 is 0. The average molecular weight is 265 g/mol. The van der Waals surface area contributed by atoms with Gasteiger partial charge in [0.2, 0.25) is 11.7 Å². The van der Waals surface area contributed by atoms with Crippen LogP contribution in [0.3, 0.4) is 0 Å². The first kappa shape index (κ1) is 13.6. The summed E-state index contributed by atoms with van der Waals surface area (Å²) in [6, 6.07) is 1.39. The summed E-state index contributed by atoms with van der Waals surface area (Å²) < 4.78 is 52.4. The van der Waals surface area contributed by atoms with Crippen molar-refractivity contribution in [3.63, 3.8) is 0 Å². The molecule has 0 saturated heterocycles. The zero-order valence-electron chi connectivity index (χ0n) is 8.36. The molecule has 0 N–H and O–H groups in total. The minimum Gasteiger partial charge on any atom is -0.397 e. The standard InChI is InChI=1S/C8H3F4N3O3/c9-7-4(1-2-13)6(15(16)17)5(3-14-7)18-8(10,11)12/h3H,1H2. The van der Waals surface area contributed by atoms with Crippen LogP contribution >= 0.6 is 0 Å². The number of nitriles is 1. The molecule has 1 rings (SSSR count). The monoisotopic (exact) mass is 265 g/mol. The Morgan fingerprint density at radius 3 is 2.61 bits per heavy atom. The van der Waals surface area contributed by atoms with Crippen LogP contribution in [0.15, 0.2) is 6.20 Å². The molecule has 0 aliphatic heterocycles. The van der Waals surface area contributed by atoms with Crippen molar-refractivity contribution < 1.29 is 27.2 Å². The lowest BCUT2D eigenvalue weighted by molar-refractivity contribution is -0.389. The SMILES string of the molecule is N#CCc1c(F)ncc(OC(F)(F)F)c1[N+](=O)[O-]. The first-order valence-corrected chi connectivity index (χ1v) is 4.20. The van der Waals surface area contributed by atoms with Crippen LogP contribution in [0.25, 0.3) is 0 Å². The zero-order chi connectivity index (χ0) is 13.9. The fourth-order valence-electron chi connectivity index (χ4n) is 1.14. The molecule has 1 aromatic heterocycles. The van der Waals surface area contributed by atoms with Gasteiger partial charge in [-0.15, -0.1) is 13.2 Å². The fraction of sp³-hybridized carbons (Fsp3) is 0.250. The molecule has 0 atom stereocenters. The van der Waals surface area contributed by atoms with Gasteiger partial charge in [0.1, 0.15) is 5.56 Å². The summed E-state index contributed by atoms with van der Waals surface area (Å²) in [5, 5.41) is 19.0. The van der Waals surface area contributed by atoms with Crippen molar-refractivity contribution in [2.24, 2.45) is 0 Å². The summed E-state index contributed by atoms with van der Waals surface area (Å²) in [6.45, 7) is 0. The minimum atomic E-state index is -5.19. The van der Waals surface area contributed by atoms with E-state index in [0.717, 1.165) is 0 Å². The molecule has 0 unspecified atom stereocenters. The maximum absolute atomic E-state index is 13.1. The van der Waals surface area contributed by atoms with Crippen molar-refractivity contribution in [1.29, 1.82) is 5.26 Å². The first-order chi connectivity index (χ1) is 8.26. The number of alkyl halides is 3. The smallest absolute Gasteiger partial charge is 0.397 e. The normalized spacial score (nSPS) is 10.8. The van der Waals surface area contributed by atoms with Gasteiger partial charge in [-0.25, -0.2) is 4.98 Å². The van der Waals surface area contributed by atoms with Crippen LogP contribution in [0.1, 0.15) is 5.56 Å². The maximum atomic E-state index is 13.1. The Bertz CT molecular complexity index is 524. The molecule has 1 heterocycles. The lowest BCUT2D eigenvalue weighted by Gasteiger charge is -2.10. The lowest BCUT2D eigenvalue weighted by Crippen LogP contribution is -2.19. The molecule has 18 heavy (non-hydrogen) atoms. The number of nitrogens with zero attached hydrogens (tertiary/aromatic N) is 3.